The molecule has 0 bridgehead atoms. The summed E-state index contributed by atoms with van der Waals surface area (Å²) in [6.07, 6.45) is 2.34. The van der Waals surface area contributed by atoms with E-state index in [0.29, 0.717) is 11.8 Å². The molecular formula is C20H24. The number of fused-ring (bicyclic) bond motifs is 2. The zero-order valence-electron chi connectivity index (χ0n) is 13.0. The van der Waals surface area contributed by atoms with Gasteiger partial charge in [-0.2, -0.15) is 0 Å². The molecule has 2 atom stereocenters. The number of rotatable bonds is 0. The van der Waals surface area contributed by atoms with Gasteiger partial charge in [0.05, 0.1) is 0 Å². The highest BCUT2D eigenvalue weighted by molar-refractivity contribution is 5.45. The Morgan fingerprint density at radius 2 is 1.10 bits per heavy atom. The standard InChI is InChI=1S/C20H24/c1-13-7-5-9-17-16(4)12-20-14(2)8-6-10-18(20)15(3)11-19(13)17/h5-10,15-16H,11-12H2,1-4H3. The Morgan fingerprint density at radius 1 is 0.700 bits per heavy atom. The first-order valence-corrected chi connectivity index (χ1v) is 7.74. The molecule has 0 nitrogen and oxygen atoms in total. The summed E-state index contributed by atoms with van der Waals surface area (Å²) in [5.74, 6) is 1.22. The molecule has 2 aromatic carbocycles. The van der Waals surface area contributed by atoms with Crippen molar-refractivity contribution in [3.05, 3.63) is 69.8 Å². The monoisotopic (exact) mass is 264 g/mol. The minimum absolute atomic E-state index is 0.609. The summed E-state index contributed by atoms with van der Waals surface area (Å²) >= 11 is 0. The van der Waals surface area contributed by atoms with Crippen LogP contribution in [0.5, 0.6) is 0 Å². The molecule has 0 heteroatoms. The van der Waals surface area contributed by atoms with Crippen molar-refractivity contribution in [3.8, 4) is 0 Å². The fraction of sp³-hybridized carbons (Fsp3) is 0.400. The van der Waals surface area contributed by atoms with Crippen LogP contribution in [0, 0.1) is 13.8 Å². The van der Waals surface area contributed by atoms with Crippen molar-refractivity contribution < 1.29 is 0 Å². The third-order valence-corrected chi connectivity index (χ3v) is 4.98. The van der Waals surface area contributed by atoms with E-state index < -0.39 is 0 Å². The molecule has 20 heavy (non-hydrogen) atoms. The minimum atomic E-state index is 0.609. The maximum atomic E-state index is 2.38. The molecule has 1 aliphatic rings. The van der Waals surface area contributed by atoms with E-state index in [1.54, 1.807) is 22.3 Å². The van der Waals surface area contributed by atoms with E-state index in [0.717, 1.165) is 0 Å². The molecule has 0 heterocycles. The topological polar surface area (TPSA) is 0 Å². The third kappa shape index (κ3) is 2.18. The molecule has 2 aromatic rings. The minimum Gasteiger partial charge on any atom is -0.0617 e. The van der Waals surface area contributed by atoms with Gasteiger partial charge in [-0.05, 0) is 71.9 Å². The Labute approximate surface area is 122 Å². The molecule has 0 aliphatic heterocycles. The Hall–Kier alpha value is -1.56. The smallest absolute Gasteiger partial charge is 0.0147 e. The number of hydrogen-bond acceptors (Lipinski definition) is 0. The van der Waals surface area contributed by atoms with Crippen LogP contribution in [0.15, 0.2) is 36.4 Å². The molecule has 104 valence electrons. The highest BCUT2D eigenvalue weighted by Crippen LogP contribution is 2.36. The van der Waals surface area contributed by atoms with Gasteiger partial charge < -0.3 is 0 Å². The van der Waals surface area contributed by atoms with E-state index in [1.165, 1.54) is 24.0 Å². The van der Waals surface area contributed by atoms with Crippen LogP contribution in [0.4, 0.5) is 0 Å². The lowest BCUT2D eigenvalue weighted by molar-refractivity contribution is 0.662. The Bertz CT molecular complexity index is 579. The molecule has 0 radical (unpaired) electrons. The van der Waals surface area contributed by atoms with Crippen molar-refractivity contribution in [2.45, 2.75) is 52.4 Å². The maximum absolute atomic E-state index is 2.38. The molecular weight excluding hydrogens is 240 g/mol. The highest BCUT2D eigenvalue weighted by Gasteiger charge is 2.22. The van der Waals surface area contributed by atoms with Crippen molar-refractivity contribution >= 4 is 0 Å². The average molecular weight is 264 g/mol. The average Bonchev–Trinajstić information content (AvgIpc) is 2.41. The molecule has 3 rings (SSSR count). The predicted molar refractivity (Wildman–Crippen MR) is 86.6 cm³/mol. The highest BCUT2D eigenvalue weighted by atomic mass is 14.3. The Balaban J connectivity index is 2.15. The van der Waals surface area contributed by atoms with Crippen molar-refractivity contribution in [2.75, 3.05) is 0 Å². The van der Waals surface area contributed by atoms with Gasteiger partial charge in [0.15, 0.2) is 0 Å². The Morgan fingerprint density at radius 3 is 1.50 bits per heavy atom. The van der Waals surface area contributed by atoms with Gasteiger partial charge in [-0.1, -0.05) is 50.2 Å². The summed E-state index contributed by atoms with van der Waals surface area (Å²) in [5, 5.41) is 0. The summed E-state index contributed by atoms with van der Waals surface area (Å²) in [4.78, 5) is 0. The van der Waals surface area contributed by atoms with Crippen LogP contribution < -0.4 is 0 Å². The van der Waals surface area contributed by atoms with Crippen molar-refractivity contribution in [1.29, 1.82) is 0 Å². The van der Waals surface area contributed by atoms with Crippen LogP contribution in [0.2, 0.25) is 0 Å². The van der Waals surface area contributed by atoms with Crippen LogP contribution in [-0.2, 0) is 12.8 Å². The van der Waals surface area contributed by atoms with Gasteiger partial charge in [0.1, 0.15) is 0 Å². The summed E-state index contributed by atoms with van der Waals surface area (Å²) in [5.41, 5.74) is 9.20. The molecule has 0 N–H and O–H groups in total. The largest absolute Gasteiger partial charge is 0.0617 e. The summed E-state index contributed by atoms with van der Waals surface area (Å²) < 4.78 is 0. The molecule has 0 amide bonds. The van der Waals surface area contributed by atoms with Crippen LogP contribution >= 0.6 is 0 Å². The second kappa shape index (κ2) is 5.09. The van der Waals surface area contributed by atoms with Crippen molar-refractivity contribution in [1.82, 2.24) is 0 Å². The van der Waals surface area contributed by atoms with E-state index in [2.05, 4.69) is 64.1 Å². The van der Waals surface area contributed by atoms with E-state index in [-0.39, 0.29) is 0 Å². The molecule has 1 aliphatic carbocycles. The first kappa shape index (κ1) is 13.4. The van der Waals surface area contributed by atoms with Crippen molar-refractivity contribution in [3.63, 3.8) is 0 Å². The van der Waals surface area contributed by atoms with E-state index in [1.807, 2.05) is 0 Å². The molecule has 0 fully saturated rings. The number of benzene rings is 2. The van der Waals surface area contributed by atoms with E-state index in [4.69, 9.17) is 0 Å². The van der Waals surface area contributed by atoms with Gasteiger partial charge in [-0.25, -0.2) is 0 Å². The maximum Gasteiger partial charge on any atom is -0.0147 e. The quantitative estimate of drug-likeness (QED) is 0.605. The fourth-order valence-electron chi connectivity index (χ4n) is 3.76. The molecule has 0 aromatic heterocycles. The van der Waals surface area contributed by atoms with Crippen LogP contribution in [-0.4, -0.2) is 0 Å². The van der Waals surface area contributed by atoms with Gasteiger partial charge in [0.2, 0.25) is 0 Å². The third-order valence-electron chi connectivity index (χ3n) is 4.98. The lowest BCUT2D eigenvalue weighted by Crippen LogP contribution is -2.14. The number of hydrogen-bond donors (Lipinski definition) is 0. The van der Waals surface area contributed by atoms with Gasteiger partial charge in [0, 0.05) is 0 Å². The molecule has 0 spiro atoms. The summed E-state index contributed by atoms with van der Waals surface area (Å²) in [6, 6.07) is 13.6. The van der Waals surface area contributed by atoms with E-state index >= 15 is 0 Å². The second-order valence-electron chi connectivity index (χ2n) is 6.50. The molecule has 0 saturated carbocycles. The molecule has 0 saturated heterocycles. The number of aryl methyl sites for hydroxylation is 2. The SMILES string of the molecule is Cc1cccc2c1CC(C)c1cccc(C)c1CC2C. The van der Waals surface area contributed by atoms with Gasteiger partial charge in [-0.3, -0.25) is 0 Å². The zero-order chi connectivity index (χ0) is 14.3. The van der Waals surface area contributed by atoms with Gasteiger partial charge >= 0.3 is 0 Å². The first-order chi connectivity index (χ1) is 9.58. The lowest BCUT2D eigenvalue weighted by Gasteiger charge is -2.28. The van der Waals surface area contributed by atoms with Gasteiger partial charge in [-0.15, -0.1) is 0 Å². The summed E-state index contributed by atoms with van der Waals surface area (Å²) in [6.45, 7) is 9.28. The fourth-order valence-corrected chi connectivity index (χ4v) is 3.76. The van der Waals surface area contributed by atoms with E-state index in [9.17, 15) is 0 Å². The van der Waals surface area contributed by atoms with Crippen LogP contribution in [0.1, 0.15) is 59.1 Å². The predicted octanol–water partition coefficient (Wildman–Crippen LogP) is 5.31. The van der Waals surface area contributed by atoms with Gasteiger partial charge in [0.25, 0.3) is 0 Å². The molecule has 2 unspecified atom stereocenters. The normalized spacial score (nSPS) is 21.6. The zero-order valence-corrected chi connectivity index (χ0v) is 13.0. The summed E-state index contributed by atoms with van der Waals surface area (Å²) in [7, 11) is 0. The van der Waals surface area contributed by atoms with Crippen molar-refractivity contribution in [2.24, 2.45) is 0 Å². The van der Waals surface area contributed by atoms with Crippen LogP contribution in [0.3, 0.4) is 0 Å². The Kier molecular flexibility index (Phi) is 3.41. The van der Waals surface area contributed by atoms with Crippen LogP contribution in [0.25, 0.3) is 0 Å². The first-order valence-electron chi connectivity index (χ1n) is 7.74. The lowest BCUT2D eigenvalue weighted by atomic mass is 9.77. The second-order valence-corrected chi connectivity index (χ2v) is 6.50.